The molecule has 0 radical (unpaired) electrons. The van der Waals surface area contributed by atoms with Crippen molar-refractivity contribution in [2.45, 2.75) is 31.3 Å². The topological polar surface area (TPSA) is 41.6 Å². The minimum absolute atomic E-state index is 0. The standard InChI is InChI=1S/C21H23FN2O2.ClH/c1-26-18-7-2-14(3-8-18)15-4-9-19(20(22)12-15)21(25)24-16-5-6-17(24)13-23-11-10-16;/h2-4,7-9,12,16-17,23H,5-6,10-11,13H2,1H3;1H. The molecule has 1 N–H and O–H groups in total. The number of carbonyl (C=O) groups excluding carboxylic acids is 1. The Morgan fingerprint density at radius 3 is 2.48 bits per heavy atom. The fourth-order valence-corrected chi connectivity index (χ4v) is 4.10. The summed E-state index contributed by atoms with van der Waals surface area (Å²) in [5.74, 6) is 0.117. The second-order valence-electron chi connectivity index (χ2n) is 7.01. The van der Waals surface area contributed by atoms with Crippen LogP contribution in [0.1, 0.15) is 29.6 Å². The zero-order valence-corrected chi connectivity index (χ0v) is 16.1. The summed E-state index contributed by atoms with van der Waals surface area (Å²) in [6.07, 6.45) is 2.95. The third-order valence-electron chi connectivity index (χ3n) is 5.51. The molecule has 2 heterocycles. The minimum atomic E-state index is -0.458. The van der Waals surface area contributed by atoms with Crippen LogP contribution < -0.4 is 10.1 Å². The number of benzene rings is 2. The summed E-state index contributed by atoms with van der Waals surface area (Å²) in [7, 11) is 1.61. The van der Waals surface area contributed by atoms with Gasteiger partial charge in [0.1, 0.15) is 11.6 Å². The Hall–Kier alpha value is -2.11. The smallest absolute Gasteiger partial charge is 0.257 e. The van der Waals surface area contributed by atoms with Gasteiger partial charge < -0.3 is 15.0 Å². The van der Waals surface area contributed by atoms with E-state index < -0.39 is 5.82 Å². The summed E-state index contributed by atoms with van der Waals surface area (Å²) in [6, 6.07) is 12.7. The van der Waals surface area contributed by atoms with E-state index in [1.54, 1.807) is 13.2 Å². The maximum absolute atomic E-state index is 14.8. The minimum Gasteiger partial charge on any atom is -0.497 e. The largest absolute Gasteiger partial charge is 0.497 e. The lowest BCUT2D eigenvalue weighted by Crippen LogP contribution is -2.42. The lowest BCUT2D eigenvalue weighted by atomic mass is 10.0. The molecular weight excluding hydrogens is 367 g/mol. The molecule has 2 bridgehead atoms. The third kappa shape index (κ3) is 3.80. The third-order valence-corrected chi connectivity index (χ3v) is 5.51. The molecule has 2 aromatic rings. The zero-order chi connectivity index (χ0) is 18.1. The van der Waals surface area contributed by atoms with Gasteiger partial charge in [0, 0.05) is 18.6 Å². The van der Waals surface area contributed by atoms with Gasteiger partial charge in [0.15, 0.2) is 0 Å². The summed E-state index contributed by atoms with van der Waals surface area (Å²) in [6.45, 7) is 1.72. The molecule has 6 heteroatoms. The number of nitrogens with one attached hydrogen (secondary N) is 1. The normalized spacial score (nSPS) is 21.3. The highest BCUT2D eigenvalue weighted by Gasteiger charge is 2.39. The van der Waals surface area contributed by atoms with Gasteiger partial charge in [0.25, 0.3) is 5.91 Å². The number of methoxy groups -OCH3 is 1. The Morgan fingerprint density at radius 1 is 1.07 bits per heavy atom. The fraction of sp³-hybridized carbons (Fsp3) is 0.381. The Bertz CT molecular complexity index is 798. The molecule has 0 aliphatic carbocycles. The van der Waals surface area contributed by atoms with E-state index >= 15 is 0 Å². The van der Waals surface area contributed by atoms with Gasteiger partial charge in [-0.2, -0.15) is 0 Å². The molecule has 2 fully saturated rings. The van der Waals surface area contributed by atoms with Gasteiger partial charge in [-0.25, -0.2) is 4.39 Å². The highest BCUT2D eigenvalue weighted by Crippen LogP contribution is 2.31. The van der Waals surface area contributed by atoms with Crippen LogP contribution in [0.2, 0.25) is 0 Å². The Balaban J connectivity index is 0.00000210. The fourth-order valence-electron chi connectivity index (χ4n) is 4.10. The van der Waals surface area contributed by atoms with Crippen LogP contribution in [0.3, 0.4) is 0 Å². The predicted molar refractivity (Wildman–Crippen MR) is 106 cm³/mol. The number of carbonyl (C=O) groups is 1. The molecule has 1 amide bonds. The molecule has 2 saturated heterocycles. The summed E-state index contributed by atoms with van der Waals surface area (Å²) in [4.78, 5) is 14.9. The molecular formula is C21H24ClFN2O2. The molecule has 2 aliphatic rings. The first-order valence-electron chi connectivity index (χ1n) is 9.14. The van der Waals surface area contributed by atoms with Crippen LogP contribution in [0.4, 0.5) is 4.39 Å². The van der Waals surface area contributed by atoms with Gasteiger partial charge in [-0.05, 0) is 61.2 Å². The molecule has 2 atom stereocenters. The number of hydrogen-bond donors (Lipinski definition) is 1. The summed E-state index contributed by atoms with van der Waals surface area (Å²) >= 11 is 0. The number of hydrogen-bond acceptors (Lipinski definition) is 3. The van der Waals surface area contributed by atoms with E-state index in [1.807, 2.05) is 35.2 Å². The number of amides is 1. The second-order valence-corrected chi connectivity index (χ2v) is 7.01. The van der Waals surface area contributed by atoms with Crippen LogP contribution in [0, 0.1) is 5.82 Å². The van der Waals surface area contributed by atoms with Crippen LogP contribution in [0.5, 0.6) is 5.75 Å². The molecule has 2 aliphatic heterocycles. The van der Waals surface area contributed by atoms with E-state index in [0.29, 0.717) is 0 Å². The number of fused-ring (bicyclic) bond motifs is 2. The molecule has 2 unspecified atom stereocenters. The van der Waals surface area contributed by atoms with Gasteiger partial charge >= 0.3 is 0 Å². The van der Waals surface area contributed by atoms with Crippen molar-refractivity contribution in [3.05, 3.63) is 53.8 Å². The van der Waals surface area contributed by atoms with Gasteiger partial charge in [-0.15, -0.1) is 12.4 Å². The average Bonchev–Trinajstić information content (AvgIpc) is 2.94. The number of ether oxygens (including phenoxy) is 1. The molecule has 0 spiro atoms. The lowest BCUT2D eigenvalue weighted by Gasteiger charge is -2.28. The molecule has 4 nitrogen and oxygen atoms in total. The molecule has 144 valence electrons. The van der Waals surface area contributed by atoms with E-state index in [9.17, 15) is 9.18 Å². The first-order chi connectivity index (χ1) is 12.7. The van der Waals surface area contributed by atoms with Gasteiger partial charge in [-0.3, -0.25) is 4.79 Å². The van der Waals surface area contributed by atoms with Crippen molar-refractivity contribution in [2.24, 2.45) is 0 Å². The van der Waals surface area contributed by atoms with Crippen molar-refractivity contribution in [3.8, 4) is 16.9 Å². The first-order valence-corrected chi connectivity index (χ1v) is 9.14. The molecule has 27 heavy (non-hydrogen) atoms. The van der Waals surface area contributed by atoms with Crippen LogP contribution in [0.25, 0.3) is 11.1 Å². The van der Waals surface area contributed by atoms with E-state index in [0.717, 1.165) is 49.2 Å². The monoisotopic (exact) mass is 390 g/mol. The molecule has 0 aromatic heterocycles. The first kappa shape index (κ1) is 19.6. The summed E-state index contributed by atoms with van der Waals surface area (Å²) in [5.41, 5.74) is 1.81. The van der Waals surface area contributed by atoms with Crippen molar-refractivity contribution < 1.29 is 13.9 Å². The van der Waals surface area contributed by atoms with Crippen molar-refractivity contribution in [1.29, 1.82) is 0 Å². The molecule has 2 aromatic carbocycles. The van der Waals surface area contributed by atoms with Crippen LogP contribution in [-0.4, -0.2) is 43.1 Å². The quantitative estimate of drug-likeness (QED) is 0.864. The SMILES string of the molecule is COc1ccc(-c2ccc(C(=O)N3C4CCNCC3CC4)c(F)c2)cc1.Cl. The van der Waals surface area contributed by atoms with Crippen LogP contribution in [-0.2, 0) is 0 Å². The Morgan fingerprint density at radius 2 is 1.78 bits per heavy atom. The zero-order valence-electron chi connectivity index (χ0n) is 15.3. The Labute approximate surface area is 165 Å². The van der Waals surface area contributed by atoms with E-state index in [4.69, 9.17) is 4.74 Å². The van der Waals surface area contributed by atoms with Crippen molar-refractivity contribution in [1.82, 2.24) is 10.2 Å². The van der Waals surface area contributed by atoms with E-state index in [-0.39, 0.29) is 36.0 Å². The predicted octanol–water partition coefficient (Wildman–Crippen LogP) is 3.89. The van der Waals surface area contributed by atoms with Crippen LogP contribution in [0.15, 0.2) is 42.5 Å². The van der Waals surface area contributed by atoms with Crippen molar-refractivity contribution in [3.63, 3.8) is 0 Å². The number of halogens is 2. The van der Waals surface area contributed by atoms with Crippen molar-refractivity contribution in [2.75, 3.05) is 20.2 Å². The maximum atomic E-state index is 14.8. The highest BCUT2D eigenvalue weighted by atomic mass is 35.5. The second kappa shape index (κ2) is 8.28. The lowest BCUT2D eigenvalue weighted by molar-refractivity contribution is 0.0675. The average molecular weight is 391 g/mol. The maximum Gasteiger partial charge on any atom is 0.257 e. The van der Waals surface area contributed by atoms with E-state index in [2.05, 4.69) is 5.32 Å². The number of nitrogens with zero attached hydrogens (tertiary/aromatic N) is 1. The van der Waals surface area contributed by atoms with E-state index in [1.165, 1.54) is 6.07 Å². The van der Waals surface area contributed by atoms with Crippen LogP contribution >= 0.6 is 12.4 Å². The summed E-state index contributed by atoms with van der Waals surface area (Å²) < 4.78 is 19.9. The highest BCUT2D eigenvalue weighted by molar-refractivity contribution is 5.95. The molecule has 4 rings (SSSR count). The number of rotatable bonds is 3. The van der Waals surface area contributed by atoms with Gasteiger partial charge in [0.2, 0.25) is 0 Å². The summed E-state index contributed by atoms with van der Waals surface area (Å²) in [5, 5.41) is 3.37. The van der Waals surface area contributed by atoms with Crippen molar-refractivity contribution >= 4 is 18.3 Å². The van der Waals surface area contributed by atoms with Gasteiger partial charge in [-0.1, -0.05) is 18.2 Å². The Kier molecular flexibility index (Phi) is 6.02. The van der Waals surface area contributed by atoms with Gasteiger partial charge in [0.05, 0.1) is 12.7 Å². The molecule has 0 saturated carbocycles.